The summed E-state index contributed by atoms with van der Waals surface area (Å²) in [6, 6.07) is 3.94. The molecule has 0 fully saturated rings. The van der Waals surface area contributed by atoms with E-state index in [4.69, 9.17) is 5.11 Å². The predicted octanol–water partition coefficient (Wildman–Crippen LogP) is 2.21. The lowest BCUT2D eigenvalue weighted by atomic mass is 10.2. The molecule has 0 radical (unpaired) electrons. The zero-order valence-corrected chi connectivity index (χ0v) is 12.5. The van der Waals surface area contributed by atoms with Crippen molar-refractivity contribution in [2.75, 3.05) is 11.9 Å². The number of anilines is 1. The van der Waals surface area contributed by atoms with Crippen molar-refractivity contribution in [1.29, 1.82) is 0 Å². The zero-order chi connectivity index (χ0) is 16.1. The molecular weight excluding hydrogens is 287 g/mol. The Hall–Kier alpha value is -2.41. The first-order valence-corrected chi connectivity index (χ1v) is 7.00. The van der Waals surface area contributed by atoms with Gasteiger partial charge in [-0.05, 0) is 44.0 Å². The van der Waals surface area contributed by atoms with Crippen LogP contribution in [0.15, 0.2) is 30.6 Å². The Morgan fingerprint density at radius 1 is 1.50 bits per heavy atom. The standard InChI is InChI=1S/C15H19FN4O2/c1-10-8-18-20(9-10)14-4-3-12(7-13(14)16)19-15(22)17-6-5-11(2)21/h3-4,7-9,11,21H,5-6H2,1-2H3,(H2,17,19,22). The lowest BCUT2D eigenvalue weighted by Gasteiger charge is -2.10. The number of nitrogens with one attached hydrogen (secondary N) is 2. The van der Waals surface area contributed by atoms with Gasteiger partial charge >= 0.3 is 6.03 Å². The Balaban J connectivity index is 1.99. The maximum absolute atomic E-state index is 14.1. The molecule has 118 valence electrons. The second-order valence-electron chi connectivity index (χ2n) is 5.15. The molecule has 6 nitrogen and oxygen atoms in total. The molecule has 1 aromatic heterocycles. The van der Waals surface area contributed by atoms with Gasteiger partial charge in [-0.2, -0.15) is 5.10 Å². The Morgan fingerprint density at radius 2 is 2.27 bits per heavy atom. The number of aliphatic hydroxyl groups is 1. The molecule has 0 spiro atoms. The highest BCUT2D eigenvalue weighted by molar-refractivity contribution is 5.89. The van der Waals surface area contributed by atoms with E-state index < -0.39 is 18.0 Å². The molecule has 1 atom stereocenters. The topological polar surface area (TPSA) is 79.2 Å². The second-order valence-corrected chi connectivity index (χ2v) is 5.15. The summed E-state index contributed by atoms with van der Waals surface area (Å²) >= 11 is 0. The van der Waals surface area contributed by atoms with Gasteiger partial charge in [0.05, 0.1) is 12.3 Å². The number of nitrogens with zero attached hydrogens (tertiary/aromatic N) is 2. The van der Waals surface area contributed by atoms with Crippen LogP contribution in [-0.2, 0) is 0 Å². The lowest BCUT2D eigenvalue weighted by molar-refractivity contribution is 0.184. The highest BCUT2D eigenvalue weighted by Crippen LogP contribution is 2.18. The summed E-state index contributed by atoms with van der Waals surface area (Å²) < 4.78 is 15.5. The van der Waals surface area contributed by atoms with E-state index in [-0.39, 0.29) is 0 Å². The molecule has 2 amide bonds. The van der Waals surface area contributed by atoms with E-state index in [1.165, 1.54) is 10.7 Å². The number of urea groups is 1. The third-order valence-corrected chi connectivity index (χ3v) is 3.01. The number of hydrogen-bond acceptors (Lipinski definition) is 3. The number of aliphatic hydroxyl groups excluding tert-OH is 1. The average Bonchev–Trinajstić information content (AvgIpc) is 2.84. The minimum atomic E-state index is -0.482. The van der Waals surface area contributed by atoms with Crippen LogP contribution in [0, 0.1) is 12.7 Å². The molecular formula is C15H19FN4O2. The Morgan fingerprint density at radius 3 is 2.86 bits per heavy atom. The lowest BCUT2D eigenvalue weighted by Crippen LogP contribution is -2.30. The fourth-order valence-corrected chi connectivity index (χ4v) is 1.88. The van der Waals surface area contributed by atoms with E-state index in [1.54, 1.807) is 31.5 Å². The van der Waals surface area contributed by atoms with E-state index in [0.29, 0.717) is 24.3 Å². The second kappa shape index (κ2) is 7.04. The number of aromatic nitrogens is 2. The van der Waals surface area contributed by atoms with E-state index in [9.17, 15) is 9.18 Å². The average molecular weight is 306 g/mol. The largest absolute Gasteiger partial charge is 0.393 e. The Bertz CT molecular complexity index is 655. The zero-order valence-electron chi connectivity index (χ0n) is 12.5. The van der Waals surface area contributed by atoms with Gasteiger partial charge in [-0.25, -0.2) is 13.9 Å². The molecule has 0 aliphatic rings. The first kappa shape index (κ1) is 16.0. The summed E-state index contributed by atoms with van der Waals surface area (Å²) in [4.78, 5) is 11.6. The van der Waals surface area contributed by atoms with Crippen molar-refractivity contribution in [3.63, 3.8) is 0 Å². The third kappa shape index (κ3) is 4.29. The molecule has 2 rings (SSSR count). The first-order chi connectivity index (χ1) is 10.5. The summed E-state index contributed by atoms with van der Waals surface area (Å²) in [5.74, 6) is -0.482. The third-order valence-electron chi connectivity index (χ3n) is 3.01. The molecule has 1 aromatic carbocycles. The van der Waals surface area contributed by atoms with Gasteiger partial charge in [-0.1, -0.05) is 0 Å². The van der Waals surface area contributed by atoms with Crippen molar-refractivity contribution in [1.82, 2.24) is 15.1 Å². The van der Waals surface area contributed by atoms with Gasteiger partial charge in [-0.3, -0.25) is 0 Å². The van der Waals surface area contributed by atoms with Crippen molar-refractivity contribution in [2.24, 2.45) is 0 Å². The minimum absolute atomic E-state index is 0.313. The highest BCUT2D eigenvalue weighted by atomic mass is 19.1. The number of benzene rings is 1. The smallest absolute Gasteiger partial charge is 0.319 e. The molecule has 0 saturated heterocycles. The summed E-state index contributed by atoms with van der Waals surface area (Å²) in [5.41, 5.74) is 1.59. The SMILES string of the molecule is Cc1cnn(-c2ccc(NC(=O)NCCC(C)O)cc2F)c1. The van der Waals surface area contributed by atoms with Gasteiger partial charge in [0.2, 0.25) is 0 Å². The van der Waals surface area contributed by atoms with Crippen molar-refractivity contribution >= 4 is 11.7 Å². The molecule has 0 bridgehead atoms. The number of aryl methyl sites for hydroxylation is 1. The number of halogens is 1. The van der Waals surface area contributed by atoms with Crippen LogP contribution >= 0.6 is 0 Å². The molecule has 1 heterocycles. The number of carbonyl (C=O) groups excluding carboxylic acids is 1. The van der Waals surface area contributed by atoms with Gasteiger partial charge in [0.25, 0.3) is 0 Å². The van der Waals surface area contributed by atoms with Crippen LogP contribution in [0.25, 0.3) is 5.69 Å². The Labute approximate surface area is 128 Å². The molecule has 7 heteroatoms. The van der Waals surface area contributed by atoms with Crippen LogP contribution < -0.4 is 10.6 Å². The Kier molecular flexibility index (Phi) is 5.11. The molecule has 2 aromatic rings. The van der Waals surface area contributed by atoms with Crippen LogP contribution in [0.1, 0.15) is 18.9 Å². The molecule has 1 unspecified atom stereocenters. The van der Waals surface area contributed by atoms with Crippen LogP contribution in [-0.4, -0.2) is 33.6 Å². The summed E-state index contributed by atoms with van der Waals surface area (Å²) in [7, 11) is 0. The normalized spacial score (nSPS) is 12.0. The summed E-state index contributed by atoms with van der Waals surface area (Å²) in [6.07, 6.45) is 3.34. The van der Waals surface area contributed by atoms with E-state index in [2.05, 4.69) is 15.7 Å². The number of hydrogen-bond donors (Lipinski definition) is 3. The monoisotopic (exact) mass is 306 g/mol. The quantitative estimate of drug-likeness (QED) is 0.792. The summed E-state index contributed by atoms with van der Waals surface area (Å²) in [5, 5.41) is 18.3. The van der Waals surface area contributed by atoms with E-state index in [0.717, 1.165) is 5.56 Å². The molecule has 0 aliphatic heterocycles. The number of amides is 2. The van der Waals surface area contributed by atoms with Crippen LogP contribution in [0.5, 0.6) is 0 Å². The van der Waals surface area contributed by atoms with Gasteiger partial charge < -0.3 is 15.7 Å². The van der Waals surface area contributed by atoms with Crippen LogP contribution in [0.4, 0.5) is 14.9 Å². The minimum Gasteiger partial charge on any atom is -0.393 e. The maximum Gasteiger partial charge on any atom is 0.319 e. The number of carbonyl (C=O) groups is 1. The van der Waals surface area contributed by atoms with Crippen molar-refractivity contribution in [2.45, 2.75) is 26.4 Å². The van der Waals surface area contributed by atoms with Gasteiger partial charge in [0, 0.05) is 18.4 Å². The van der Waals surface area contributed by atoms with E-state index in [1.807, 2.05) is 6.92 Å². The highest BCUT2D eigenvalue weighted by Gasteiger charge is 2.09. The summed E-state index contributed by atoms with van der Waals surface area (Å²) in [6.45, 7) is 3.86. The predicted molar refractivity (Wildman–Crippen MR) is 81.6 cm³/mol. The van der Waals surface area contributed by atoms with Crippen molar-refractivity contribution < 1.29 is 14.3 Å². The van der Waals surface area contributed by atoms with Crippen molar-refractivity contribution in [3.05, 3.63) is 42.0 Å². The number of rotatable bonds is 5. The molecule has 3 N–H and O–H groups in total. The van der Waals surface area contributed by atoms with Gasteiger partial charge in [-0.15, -0.1) is 0 Å². The van der Waals surface area contributed by atoms with Gasteiger partial charge in [0.15, 0.2) is 5.82 Å². The van der Waals surface area contributed by atoms with Crippen LogP contribution in [0.3, 0.4) is 0 Å². The maximum atomic E-state index is 14.1. The fraction of sp³-hybridized carbons (Fsp3) is 0.333. The van der Waals surface area contributed by atoms with Crippen molar-refractivity contribution in [3.8, 4) is 5.69 Å². The molecule has 22 heavy (non-hydrogen) atoms. The molecule has 0 saturated carbocycles. The first-order valence-electron chi connectivity index (χ1n) is 7.00. The molecule has 0 aliphatic carbocycles. The van der Waals surface area contributed by atoms with Crippen LogP contribution in [0.2, 0.25) is 0 Å². The van der Waals surface area contributed by atoms with E-state index >= 15 is 0 Å². The fourth-order valence-electron chi connectivity index (χ4n) is 1.88. The van der Waals surface area contributed by atoms with Gasteiger partial charge in [0.1, 0.15) is 5.69 Å².